The van der Waals surface area contributed by atoms with E-state index in [1.165, 1.54) is 4.90 Å². The highest BCUT2D eigenvalue weighted by Gasteiger charge is 2.08. The van der Waals surface area contributed by atoms with Crippen LogP contribution in [0.4, 0.5) is 0 Å². The molecule has 0 aromatic heterocycles. The van der Waals surface area contributed by atoms with Crippen LogP contribution in [0.5, 0.6) is 5.75 Å². The van der Waals surface area contributed by atoms with Crippen LogP contribution in [0.15, 0.2) is 65.6 Å². The Morgan fingerprint density at radius 1 is 1.00 bits per heavy atom. The zero-order valence-electron chi connectivity index (χ0n) is 12.8. The van der Waals surface area contributed by atoms with Gasteiger partial charge in [0.1, 0.15) is 18.5 Å². The van der Waals surface area contributed by atoms with Crippen molar-refractivity contribution in [2.24, 2.45) is 0 Å². The second kappa shape index (κ2) is 9.51. The average Bonchev–Trinajstić information content (AvgIpc) is 2.55. The molecule has 4 heteroatoms. The maximum Gasteiger partial charge on any atom is 0.119 e. The summed E-state index contributed by atoms with van der Waals surface area (Å²) in [4.78, 5) is 1.27. The number of aliphatic hydroxyl groups is 1. The van der Waals surface area contributed by atoms with Gasteiger partial charge in [-0.25, -0.2) is 0 Å². The van der Waals surface area contributed by atoms with Gasteiger partial charge in [-0.05, 0) is 24.3 Å². The summed E-state index contributed by atoms with van der Waals surface area (Å²) in [6.45, 7) is 3.86. The van der Waals surface area contributed by atoms with E-state index in [2.05, 4.69) is 24.4 Å². The van der Waals surface area contributed by atoms with Gasteiger partial charge in [0.2, 0.25) is 0 Å². The number of hydrogen-bond acceptors (Lipinski definition) is 4. The molecule has 0 aliphatic rings. The molecular weight excluding hydrogens is 294 g/mol. The van der Waals surface area contributed by atoms with Crippen molar-refractivity contribution in [1.82, 2.24) is 5.32 Å². The molecule has 3 nitrogen and oxygen atoms in total. The fourth-order valence-corrected chi connectivity index (χ4v) is 2.97. The summed E-state index contributed by atoms with van der Waals surface area (Å²) in [6, 6.07) is 19.9. The Kier molecular flexibility index (Phi) is 7.30. The molecule has 2 rings (SSSR count). The van der Waals surface area contributed by atoms with E-state index in [1.807, 2.05) is 60.3 Å². The highest BCUT2D eigenvalue weighted by molar-refractivity contribution is 8.00. The molecule has 0 amide bonds. The first-order valence-corrected chi connectivity index (χ1v) is 8.40. The number of aliphatic hydroxyl groups excluding tert-OH is 1. The molecule has 0 aliphatic carbocycles. The van der Waals surface area contributed by atoms with Gasteiger partial charge in [-0.2, -0.15) is 0 Å². The van der Waals surface area contributed by atoms with Crippen molar-refractivity contribution in [2.75, 3.05) is 19.7 Å². The minimum absolute atomic E-state index is 0.303. The SMILES string of the molecule is CC(CNCC(O)COc1ccccc1)Sc1ccccc1. The summed E-state index contributed by atoms with van der Waals surface area (Å²) >= 11 is 1.83. The molecule has 2 aromatic rings. The third-order valence-electron chi connectivity index (χ3n) is 3.08. The van der Waals surface area contributed by atoms with E-state index in [0.29, 0.717) is 18.4 Å². The van der Waals surface area contributed by atoms with E-state index in [9.17, 15) is 5.11 Å². The van der Waals surface area contributed by atoms with Gasteiger partial charge < -0.3 is 15.2 Å². The van der Waals surface area contributed by atoms with E-state index in [4.69, 9.17) is 4.74 Å². The van der Waals surface area contributed by atoms with Crippen LogP contribution in [-0.4, -0.2) is 36.2 Å². The van der Waals surface area contributed by atoms with Gasteiger partial charge in [-0.3, -0.25) is 0 Å². The van der Waals surface area contributed by atoms with Gasteiger partial charge in [0.15, 0.2) is 0 Å². The molecule has 2 atom stereocenters. The van der Waals surface area contributed by atoms with E-state index < -0.39 is 6.10 Å². The van der Waals surface area contributed by atoms with Gasteiger partial charge in [-0.15, -0.1) is 11.8 Å². The molecule has 0 spiro atoms. The maximum absolute atomic E-state index is 9.92. The maximum atomic E-state index is 9.92. The summed E-state index contributed by atoms with van der Waals surface area (Å²) < 4.78 is 5.53. The van der Waals surface area contributed by atoms with Gasteiger partial charge >= 0.3 is 0 Å². The van der Waals surface area contributed by atoms with Crippen LogP contribution in [0.1, 0.15) is 6.92 Å². The molecule has 0 fully saturated rings. The summed E-state index contributed by atoms with van der Waals surface area (Å²) in [6.07, 6.45) is -0.505. The lowest BCUT2D eigenvalue weighted by atomic mass is 10.3. The summed E-state index contributed by atoms with van der Waals surface area (Å²) in [5.41, 5.74) is 0. The monoisotopic (exact) mass is 317 g/mol. The number of nitrogens with one attached hydrogen (secondary N) is 1. The third kappa shape index (κ3) is 6.52. The van der Waals surface area contributed by atoms with Gasteiger partial charge in [0.05, 0.1) is 0 Å². The Morgan fingerprint density at radius 3 is 2.32 bits per heavy atom. The molecule has 0 radical (unpaired) electrons. The van der Waals surface area contributed by atoms with Crippen LogP contribution >= 0.6 is 11.8 Å². The summed E-state index contributed by atoms with van der Waals surface area (Å²) in [7, 11) is 0. The number of ether oxygens (including phenoxy) is 1. The van der Waals surface area contributed by atoms with Crippen LogP contribution in [0.3, 0.4) is 0 Å². The summed E-state index contributed by atoms with van der Waals surface area (Å²) in [5, 5.41) is 13.7. The van der Waals surface area contributed by atoms with Crippen LogP contribution in [0.25, 0.3) is 0 Å². The van der Waals surface area contributed by atoms with Gasteiger partial charge in [0, 0.05) is 23.2 Å². The molecule has 22 heavy (non-hydrogen) atoms. The number of hydrogen-bond donors (Lipinski definition) is 2. The summed E-state index contributed by atoms with van der Waals surface area (Å²) in [5.74, 6) is 0.787. The third-order valence-corrected chi connectivity index (χ3v) is 4.19. The topological polar surface area (TPSA) is 41.5 Å². The van der Waals surface area contributed by atoms with Crippen LogP contribution in [0.2, 0.25) is 0 Å². The number of para-hydroxylation sites is 1. The molecule has 0 saturated heterocycles. The fourth-order valence-electron chi connectivity index (χ4n) is 1.99. The lowest BCUT2D eigenvalue weighted by Crippen LogP contribution is -2.34. The lowest BCUT2D eigenvalue weighted by molar-refractivity contribution is 0.106. The predicted molar refractivity (Wildman–Crippen MR) is 92.6 cm³/mol. The van der Waals surface area contributed by atoms with Crippen molar-refractivity contribution >= 4 is 11.8 Å². The molecule has 0 heterocycles. The van der Waals surface area contributed by atoms with Crippen LogP contribution in [0, 0.1) is 0 Å². The van der Waals surface area contributed by atoms with Crippen LogP contribution < -0.4 is 10.1 Å². The van der Waals surface area contributed by atoms with Crippen molar-refractivity contribution in [3.8, 4) is 5.75 Å². The largest absolute Gasteiger partial charge is 0.491 e. The van der Waals surface area contributed by atoms with Crippen molar-refractivity contribution in [3.05, 3.63) is 60.7 Å². The predicted octanol–water partition coefficient (Wildman–Crippen LogP) is 3.20. The van der Waals surface area contributed by atoms with Crippen molar-refractivity contribution in [3.63, 3.8) is 0 Å². The molecule has 0 saturated carbocycles. The molecule has 0 aliphatic heterocycles. The first-order chi connectivity index (χ1) is 10.7. The Labute approximate surface area is 136 Å². The molecule has 118 valence electrons. The Hall–Kier alpha value is -1.49. The van der Waals surface area contributed by atoms with Crippen molar-refractivity contribution in [1.29, 1.82) is 0 Å². The van der Waals surface area contributed by atoms with E-state index in [1.54, 1.807) is 0 Å². The molecule has 2 unspecified atom stereocenters. The first-order valence-electron chi connectivity index (χ1n) is 7.52. The highest BCUT2D eigenvalue weighted by atomic mass is 32.2. The van der Waals surface area contributed by atoms with Crippen molar-refractivity contribution < 1.29 is 9.84 Å². The quantitative estimate of drug-likeness (QED) is 0.697. The molecule has 0 bridgehead atoms. The smallest absolute Gasteiger partial charge is 0.119 e. The molecule has 2 aromatic carbocycles. The number of rotatable bonds is 9. The van der Waals surface area contributed by atoms with Gasteiger partial charge in [0.25, 0.3) is 0 Å². The number of benzene rings is 2. The molecular formula is C18H23NO2S. The fraction of sp³-hybridized carbons (Fsp3) is 0.333. The second-order valence-electron chi connectivity index (χ2n) is 5.18. The Bertz CT molecular complexity index is 521. The highest BCUT2D eigenvalue weighted by Crippen LogP contribution is 2.21. The van der Waals surface area contributed by atoms with E-state index in [0.717, 1.165) is 12.3 Å². The second-order valence-corrected chi connectivity index (χ2v) is 6.69. The minimum atomic E-state index is -0.505. The number of thioether (sulfide) groups is 1. The zero-order valence-corrected chi connectivity index (χ0v) is 13.6. The van der Waals surface area contributed by atoms with Crippen LogP contribution in [-0.2, 0) is 0 Å². The van der Waals surface area contributed by atoms with E-state index in [-0.39, 0.29) is 0 Å². The van der Waals surface area contributed by atoms with E-state index >= 15 is 0 Å². The zero-order chi connectivity index (χ0) is 15.6. The molecule has 2 N–H and O–H groups in total. The van der Waals surface area contributed by atoms with Gasteiger partial charge in [-0.1, -0.05) is 43.3 Å². The standard InChI is InChI=1S/C18H23NO2S/c1-15(22-18-10-6-3-7-11-18)12-19-13-16(20)14-21-17-8-4-2-5-9-17/h2-11,15-16,19-20H,12-14H2,1H3. The minimum Gasteiger partial charge on any atom is -0.491 e. The normalized spacial score (nSPS) is 13.5. The van der Waals surface area contributed by atoms with Crippen molar-refractivity contribution in [2.45, 2.75) is 23.2 Å². The lowest BCUT2D eigenvalue weighted by Gasteiger charge is -2.16. The average molecular weight is 317 g/mol. The Morgan fingerprint density at radius 2 is 1.64 bits per heavy atom. The first kappa shape index (κ1) is 16.9. The Balaban J connectivity index is 1.59.